The van der Waals surface area contributed by atoms with Crippen LogP contribution in [0.15, 0.2) is 48.5 Å². The van der Waals surface area contributed by atoms with Gasteiger partial charge in [0.2, 0.25) is 0 Å². The smallest absolute Gasteiger partial charge is 0.338 e. The molecule has 1 unspecified atom stereocenters. The van der Waals surface area contributed by atoms with Gasteiger partial charge in [-0.05, 0) is 35.7 Å². The first-order valence-corrected chi connectivity index (χ1v) is 11.7. The predicted octanol–water partition coefficient (Wildman–Crippen LogP) is 4.22. The minimum atomic E-state index is -1.35. The van der Waals surface area contributed by atoms with Gasteiger partial charge in [-0.1, -0.05) is 58.9 Å². The van der Waals surface area contributed by atoms with Crippen LogP contribution in [-0.4, -0.2) is 41.6 Å². The maximum atomic E-state index is 12.4. The van der Waals surface area contributed by atoms with Gasteiger partial charge in [-0.3, -0.25) is 14.4 Å². The van der Waals surface area contributed by atoms with Crippen LogP contribution >= 0.6 is 12.4 Å². The monoisotopic (exact) mass is 535 g/mol. The number of carbonyl (C=O) groups excluding carboxylic acids is 3. The lowest BCUT2D eigenvalue weighted by Gasteiger charge is -2.28. The van der Waals surface area contributed by atoms with Crippen molar-refractivity contribution >= 4 is 36.3 Å². The molecule has 202 valence electrons. The van der Waals surface area contributed by atoms with Gasteiger partial charge in [0.15, 0.2) is 11.5 Å². The Morgan fingerprint density at radius 3 is 1.89 bits per heavy atom. The van der Waals surface area contributed by atoms with Gasteiger partial charge in [0.25, 0.3) is 0 Å². The molecule has 0 heterocycles. The number of benzene rings is 2. The number of rotatable bonds is 11. The van der Waals surface area contributed by atoms with Crippen LogP contribution in [0.1, 0.15) is 56.5 Å². The zero-order chi connectivity index (χ0) is 27.0. The van der Waals surface area contributed by atoms with E-state index in [-0.39, 0.29) is 30.5 Å². The minimum absolute atomic E-state index is 0. The molecule has 0 saturated heterocycles. The summed E-state index contributed by atoms with van der Waals surface area (Å²) in [5.74, 6) is -5.12. The van der Waals surface area contributed by atoms with E-state index in [2.05, 4.69) is 0 Å². The Labute approximate surface area is 222 Å². The van der Waals surface area contributed by atoms with Crippen LogP contribution in [0.2, 0.25) is 0 Å². The summed E-state index contributed by atoms with van der Waals surface area (Å²) in [7, 11) is 0. The third-order valence-electron chi connectivity index (χ3n) is 5.49. The van der Waals surface area contributed by atoms with Crippen LogP contribution < -0.4 is 15.2 Å². The summed E-state index contributed by atoms with van der Waals surface area (Å²) >= 11 is 0. The van der Waals surface area contributed by atoms with Gasteiger partial charge in [-0.15, -0.1) is 12.4 Å². The molecule has 9 nitrogen and oxygen atoms in total. The molecule has 0 spiro atoms. The van der Waals surface area contributed by atoms with Crippen molar-refractivity contribution in [2.45, 2.75) is 46.6 Å². The van der Waals surface area contributed by atoms with Crippen molar-refractivity contribution in [3.05, 3.63) is 59.7 Å². The van der Waals surface area contributed by atoms with Crippen molar-refractivity contribution in [3.63, 3.8) is 0 Å². The highest BCUT2D eigenvalue weighted by Gasteiger charge is 2.33. The molecule has 0 aliphatic heterocycles. The van der Waals surface area contributed by atoms with E-state index >= 15 is 0 Å². The molecule has 0 fully saturated rings. The third-order valence-corrected chi connectivity index (χ3v) is 5.49. The molecule has 2 aromatic carbocycles. The number of carbonyl (C=O) groups is 4. The molecule has 0 bridgehead atoms. The normalized spacial score (nSPS) is 13.2. The molecule has 0 aliphatic rings. The van der Waals surface area contributed by atoms with Gasteiger partial charge in [0.1, 0.15) is 6.04 Å². The number of hydrogen-bond acceptors (Lipinski definition) is 8. The Morgan fingerprint density at radius 1 is 0.838 bits per heavy atom. The number of carboxylic acids is 1. The molecular weight excluding hydrogens is 502 g/mol. The summed E-state index contributed by atoms with van der Waals surface area (Å²) in [6, 6.07) is 11.5. The molecule has 37 heavy (non-hydrogen) atoms. The Kier molecular flexibility index (Phi) is 12.3. The molecule has 10 heteroatoms. The zero-order valence-corrected chi connectivity index (χ0v) is 22.3. The van der Waals surface area contributed by atoms with Gasteiger partial charge in [-0.25, -0.2) is 4.79 Å². The fraction of sp³-hybridized carbons (Fsp3) is 0.407. The number of halogens is 1. The first kappa shape index (κ1) is 31.6. The molecule has 3 N–H and O–H groups in total. The first-order chi connectivity index (χ1) is 16.9. The van der Waals surface area contributed by atoms with E-state index in [9.17, 15) is 24.3 Å². The number of hydrogen-bond donors (Lipinski definition) is 2. The molecule has 0 amide bonds. The van der Waals surface area contributed by atoms with Crippen LogP contribution in [0, 0.1) is 17.8 Å². The van der Waals surface area contributed by atoms with E-state index < -0.39 is 53.6 Å². The van der Waals surface area contributed by atoms with Gasteiger partial charge < -0.3 is 25.1 Å². The maximum Gasteiger partial charge on any atom is 0.338 e. The Hall–Kier alpha value is -3.43. The van der Waals surface area contributed by atoms with Crippen molar-refractivity contribution < 1.29 is 38.5 Å². The Bertz CT molecular complexity index is 1090. The minimum Gasteiger partial charge on any atom is -0.480 e. The lowest BCUT2D eigenvalue weighted by molar-refractivity contribution is -0.140. The summed E-state index contributed by atoms with van der Waals surface area (Å²) in [6.45, 7) is 8.23. The number of ether oxygens (including phenoxy) is 3. The van der Waals surface area contributed by atoms with Gasteiger partial charge in [-0.2, -0.15) is 0 Å². The van der Waals surface area contributed by atoms with Crippen molar-refractivity contribution in [3.8, 4) is 11.5 Å². The van der Waals surface area contributed by atoms with Crippen LogP contribution in [0.3, 0.4) is 0 Å². The fourth-order valence-electron chi connectivity index (χ4n) is 3.36. The number of aliphatic carboxylic acids is 1. The second-order valence-corrected chi connectivity index (χ2v) is 9.19. The van der Waals surface area contributed by atoms with Crippen molar-refractivity contribution in [2.24, 2.45) is 23.5 Å². The molecule has 0 aliphatic carbocycles. The Balaban J connectivity index is 0.00000684. The maximum absolute atomic E-state index is 12.4. The first-order valence-electron chi connectivity index (χ1n) is 11.7. The molecule has 0 aromatic heterocycles. The second-order valence-electron chi connectivity index (χ2n) is 9.19. The molecule has 0 saturated carbocycles. The quantitative estimate of drug-likeness (QED) is 0.319. The Morgan fingerprint density at radius 2 is 1.38 bits per heavy atom. The zero-order valence-electron chi connectivity index (χ0n) is 21.5. The van der Waals surface area contributed by atoms with E-state index in [1.807, 2.05) is 0 Å². The van der Waals surface area contributed by atoms with Crippen LogP contribution in [-0.2, 0) is 19.1 Å². The average Bonchev–Trinajstić information content (AvgIpc) is 2.84. The van der Waals surface area contributed by atoms with Crippen LogP contribution in [0.4, 0.5) is 0 Å². The third kappa shape index (κ3) is 8.87. The fourth-order valence-corrected chi connectivity index (χ4v) is 3.36. The lowest BCUT2D eigenvalue weighted by Crippen LogP contribution is -2.40. The van der Waals surface area contributed by atoms with Gasteiger partial charge in [0, 0.05) is 5.92 Å². The van der Waals surface area contributed by atoms with E-state index in [4.69, 9.17) is 19.9 Å². The SMILES string of the molecule is CC(C)C(=O)Oc1ccc(C([C@H](N)C(=O)O)[C@@H](C)COC(=O)c2ccccc2)cc1OC(=O)C(C)C.Cl. The topological polar surface area (TPSA) is 142 Å². The molecule has 3 atom stereocenters. The summed E-state index contributed by atoms with van der Waals surface area (Å²) in [4.78, 5) is 48.7. The van der Waals surface area contributed by atoms with Crippen LogP contribution in [0.25, 0.3) is 0 Å². The molecular formula is C27H34ClNO8. The summed E-state index contributed by atoms with van der Waals surface area (Å²) in [5.41, 5.74) is 6.82. The summed E-state index contributed by atoms with van der Waals surface area (Å²) in [5, 5.41) is 9.65. The van der Waals surface area contributed by atoms with Crippen molar-refractivity contribution in [1.82, 2.24) is 0 Å². The predicted molar refractivity (Wildman–Crippen MR) is 139 cm³/mol. The van der Waals surface area contributed by atoms with E-state index in [1.54, 1.807) is 71.0 Å². The largest absolute Gasteiger partial charge is 0.480 e. The summed E-state index contributed by atoms with van der Waals surface area (Å²) in [6.07, 6.45) is 0. The number of nitrogens with two attached hydrogens (primary N) is 1. The van der Waals surface area contributed by atoms with E-state index in [0.29, 0.717) is 11.1 Å². The molecule has 0 radical (unpaired) electrons. The summed E-state index contributed by atoms with van der Waals surface area (Å²) < 4.78 is 16.3. The highest BCUT2D eigenvalue weighted by molar-refractivity contribution is 5.89. The van der Waals surface area contributed by atoms with Gasteiger partial charge in [0.05, 0.1) is 24.0 Å². The molecule has 2 aromatic rings. The van der Waals surface area contributed by atoms with Crippen LogP contribution in [0.5, 0.6) is 11.5 Å². The van der Waals surface area contributed by atoms with E-state index in [0.717, 1.165) is 0 Å². The van der Waals surface area contributed by atoms with Gasteiger partial charge >= 0.3 is 23.9 Å². The average molecular weight is 536 g/mol. The van der Waals surface area contributed by atoms with Crippen molar-refractivity contribution in [2.75, 3.05) is 6.61 Å². The molecule has 2 rings (SSSR count). The number of carboxylic acid groups (broad SMARTS) is 1. The highest BCUT2D eigenvalue weighted by Crippen LogP contribution is 2.36. The standard InChI is InChI=1S/C27H33NO8.ClH/c1-15(2)25(31)35-20-12-11-19(13-21(20)36-26(32)16(3)4)22(23(28)24(29)30)17(5)14-34-27(33)18-9-7-6-8-10-18;/h6-13,15-17,22-23H,14,28H2,1-5H3,(H,29,30);1H/t17-,22?,23-;/m0./s1. The second kappa shape index (κ2) is 14.3. The highest BCUT2D eigenvalue weighted by atomic mass is 35.5. The van der Waals surface area contributed by atoms with Crippen molar-refractivity contribution in [1.29, 1.82) is 0 Å². The lowest BCUT2D eigenvalue weighted by atomic mass is 9.82. The van der Waals surface area contributed by atoms with E-state index in [1.165, 1.54) is 12.1 Å². The number of esters is 3.